The average molecular weight is 233 g/mol. The van der Waals surface area contributed by atoms with Crippen LogP contribution in [0.15, 0.2) is 0 Å². The Morgan fingerprint density at radius 1 is 1.50 bits per heavy atom. The highest BCUT2D eigenvalue weighted by Crippen LogP contribution is 1.98. The first-order valence-corrected chi connectivity index (χ1v) is 5.68. The largest absolute Gasteiger partial charge is 0.480 e. The Morgan fingerprint density at radius 2 is 2.19 bits per heavy atom. The van der Waals surface area contributed by atoms with Gasteiger partial charge in [0.15, 0.2) is 0 Å². The van der Waals surface area contributed by atoms with Crippen molar-refractivity contribution in [3.8, 4) is 0 Å². The summed E-state index contributed by atoms with van der Waals surface area (Å²) < 4.78 is 10.3. The van der Waals surface area contributed by atoms with E-state index in [0.717, 1.165) is 6.42 Å². The van der Waals surface area contributed by atoms with Crippen LogP contribution in [0.4, 0.5) is 0 Å². The number of carboxylic acids is 1. The van der Waals surface area contributed by atoms with Crippen LogP contribution < -0.4 is 5.32 Å². The van der Waals surface area contributed by atoms with Gasteiger partial charge in [-0.3, -0.25) is 4.79 Å². The molecule has 0 aromatic heterocycles. The molecule has 0 saturated carbocycles. The maximum absolute atomic E-state index is 10.9. The zero-order valence-electron chi connectivity index (χ0n) is 10.4. The predicted molar refractivity (Wildman–Crippen MR) is 61.6 cm³/mol. The maximum Gasteiger partial charge on any atom is 0.320 e. The zero-order valence-corrected chi connectivity index (χ0v) is 10.4. The minimum atomic E-state index is -0.823. The second-order valence-corrected chi connectivity index (χ2v) is 3.77. The number of methoxy groups -OCH3 is 1. The van der Waals surface area contributed by atoms with Crippen LogP contribution in [-0.2, 0) is 14.3 Å². The van der Waals surface area contributed by atoms with Gasteiger partial charge in [-0.15, -0.1) is 0 Å². The average Bonchev–Trinajstić information content (AvgIpc) is 2.23. The van der Waals surface area contributed by atoms with E-state index in [0.29, 0.717) is 26.2 Å². The Morgan fingerprint density at radius 3 is 2.69 bits per heavy atom. The summed E-state index contributed by atoms with van der Waals surface area (Å²) in [7, 11) is 1.61. The molecule has 0 radical (unpaired) electrons. The summed E-state index contributed by atoms with van der Waals surface area (Å²) in [5.74, 6) is -0.823. The number of hydrogen-bond acceptors (Lipinski definition) is 4. The van der Waals surface area contributed by atoms with E-state index in [1.165, 1.54) is 0 Å². The smallest absolute Gasteiger partial charge is 0.320 e. The lowest BCUT2D eigenvalue weighted by atomic mass is 10.2. The van der Waals surface area contributed by atoms with E-state index in [2.05, 4.69) is 5.32 Å². The highest BCUT2D eigenvalue weighted by atomic mass is 16.5. The molecule has 5 heteroatoms. The number of carbonyl (C=O) groups is 1. The van der Waals surface area contributed by atoms with Crippen molar-refractivity contribution in [3.63, 3.8) is 0 Å². The molecule has 0 aliphatic carbocycles. The molecule has 0 bridgehead atoms. The SMILES string of the molecule is CCCNC(CCOC(C)COC)C(=O)O. The molecule has 0 rings (SSSR count). The summed E-state index contributed by atoms with van der Waals surface area (Å²) in [5, 5.41) is 11.9. The van der Waals surface area contributed by atoms with Crippen molar-refractivity contribution in [2.75, 3.05) is 26.9 Å². The highest BCUT2D eigenvalue weighted by Gasteiger charge is 2.16. The van der Waals surface area contributed by atoms with E-state index < -0.39 is 12.0 Å². The molecular formula is C11H23NO4. The first kappa shape index (κ1) is 15.3. The molecule has 0 aliphatic rings. The van der Waals surface area contributed by atoms with Crippen LogP contribution in [-0.4, -0.2) is 50.1 Å². The second-order valence-electron chi connectivity index (χ2n) is 3.77. The molecule has 5 nitrogen and oxygen atoms in total. The Labute approximate surface area is 97.1 Å². The Kier molecular flexibility index (Phi) is 9.18. The summed E-state index contributed by atoms with van der Waals surface area (Å²) in [5.41, 5.74) is 0. The minimum absolute atomic E-state index is 0.00520. The van der Waals surface area contributed by atoms with E-state index in [9.17, 15) is 4.79 Å². The van der Waals surface area contributed by atoms with Gasteiger partial charge in [-0.2, -0.15) is 0 Å². The lowest BCUT2D eigenvalue weighted by Gasteiger charge is -2.16. The zero-order chi connectivity index (χ0) is 12.4. The molecule has 2 unspecified atom stereocenters. The molecular weight excluding hydrogens is 210 g/mol. The highest BCUT2D eigenvalue weighted by molar-refractivity contribution is 5.73. The first-order chi connectivity index (χ1) is 7.61. The van der Waals surface area contributed by atoms with Crippen LogP contribution in [0.1, 0.15) is 26.7 Å². The standard InChI is InChI=1S/C11H23NO4/c1-4-6-12-10(11(13)14)5-7-16-9(2)8-15-3/h9-10,12H,4-8H2,1-3H3,(H,13,14). The van der Waals surface area contributed by atoms with Crippen molar-refractivity contribution in [1.82, 2.24) is 5.32 Å². The lowest BCUT2D eigenvalue weighted by molar-refractivity contribution is -0.140. The van der Waals surface area contributed by atoms with Gasteiger partial charge < -0.3 is 19.9 Å². The topological polar surface area (TPSA) is 67.8 Å². The molecule has 0 aromatic rings. The molecule has 0 heterocycles. The van der Waals surface area contributed by atoms with Crippen LogP contribution in [0.5, 0.6) is 0 Å². The van der Waals surface area contributed by atoms with Crippen LogP contribution in [0.25, 0.3) is 0 Å². The Bertz CT molecular complexity index is 187. The van der Waals surface area contributed by atoms with E-state index in [1.54, 1.807) is 7.11 Å². The number of ether oxygens (including phenoxy) is 2. The monoisotopic (exact) mass is 233 g/mol. The predicted octanol–water partition coefficient (Wildman–Crippen LogP) is 0.881. The number of rotatable bonds is 10. The fraction of sp³-hybridized carbons (Fsp3) is 0.909. The second kappa shape index (κ2) is 9.57. The maximum atomic E-state index is 10.9. The van der Waals surface area contributed by atoms with Crippen molar-refractivity contribution in [3.05, 3.63) is 0 Å². The summed E-state index contributed by atoms with van der Waals surface area (Å²) >= 11 is 0. The number of nitrogens with one attached hydrogen (secondary N) is 1. The Hall–Kier alpha value is -0.650. The third-order valence-electron chi connectivity index (χ3n) is 2.15. The third kappa shape index (κ3) is 7.62. The van der Waals surface area contributed by atoms with Crippen LogP contribution in [0.2, 0.25) is 0 Å². The van der Waals surface area contributed by atoms with Crippen molar-refractivity contribution >= 4 is 5.97 Å². The van der Waals surface area contributed by atoms with Crippen molar-refractivity contribution in [2.45, 2.75) is 38.8 Å². The summed E-state index contributed by atoms with van der Waals surface area (Å²) in [4.78, 5) is 10.9. The van der Waals surface area contributed by atoms with E-state index in [1.807, 2.05) is 13.8 Å². The van der Waals surface area contributed by atoms with Gasteiger partial charge in [0.2, 0.25) is 0 Å². The molecule has 16 heavy (non-hydrogen) atoms. The molecule has 0 saturated heterocycles. The minimum Gasteiger partial charge on any atom is -0.480 e. The molecule has 2 atom stereocenters. The summed E-state index contributed by atoms with van der Waals surface area (Å²) in [6.45, 7) is 5.57. The number of hydrogen-bond donors (Lipinski definition) is 2. The fourth-order valence-corrected chi connectivity index (χ4v) is 1.30. The third-order valence-corrected chi connectivity index (χ3v) is 2.15. The normalized spacial score (nSPS) is 14.7. The van der Waals surface area contributed by atoms with Crippen molar-refractivity contribution in [1.29, 1.82) is 0 Å². The fourth-order valence-electron chi connectivity index (χ4n) is 1.30. The van der Waals surface area contributed by atoms with Gasteiger partial charge in [0, 0.05) is 13.7 Å². The molecule has 0 spiro atoms. The quantitative estimate of drug-likeness (QED) is 0.586. The van der Waals surface area contributed by atoms with Gasteiger partial charge in [0.25, 0.3) is 0 Å². The van der Waals surface area contributed by atoms with Crippen molar-refractivity contribution < 1.29 is 19.4 Å². The van der Waals surface area contributed by atoms with Gasteiger partial charge in [0.1, 0.15) is 6.04 Å². The van der Waals surface area contributed by atoms with Gasteiger partial charge in [-0.05, 0) is 26.3 Å². The summed E-state index contributed by atoms with van der Waals surface area (Å²) in [6.07, 6.45) is 1.40. The summed E-state index contributed by atoms with van der Waals surface area (Å²) in [6, 6.07) is -0.519. The van der Waals surface area contributed by atoms with Gasteiger partial charge in [-0.1, -0.05) is 6.92 Å². The van der Waals surface area contributed by atoms with Crippen molar-refractivity contribution in [2.24, 2.45) is 0 Å². The van der Waals surface area contributed by atoms with E-state index in [4.69, 9.17) is 14.6 Å². The van der Waals surface area contributed by atoms with E-state index in [-0.39, 0.29) is 6.10 Å². The number of carboxylic acid groups (broad SMARTS) is 1. The molecule has 96 valence electrons. The van der Waals surface area contributed by atoms with Crippen LogP contribution in [0, 0.1) is 0 Å². The molecule has 0 amide bonds. The molecule has 0 aliphatic heterocycles. The Balaban J connectivity index is 3.71. The molecule has 0 fully saturated rings. The van der Waals surface area contributed by atoms with Gasteiger partial charge >= 0.3 is 5.97 Å². The first-order valence-electron chi connectivity index (χ1n) is 5.68. The molecule has 2 N–H and O–H groups in total. The lowest BCUT2D eigenvalue weighted by Crippen LogP contribution is -2.38. The van der Waals surface area contributed by atoms with Crippen LogP contribution in [0.3, 0.4) is 0 Å². The van der Waals surface area contributed by atoms with E-state index >= 15 is 0 Å². The van der Waals surface area contributed by atoms with Gasteiger partial charge in [-0.25, -0.2) is 0 Å². The van der Waals surface area contributed by atoms with Crippen LogP contribution >= 0.6 is 0 Å². The molecule has 0 aromatic carbocycles. The number of aliphatic carboxylic acids is 1. The van der Waals surface area contributed by atoms with Gasteiger partial charge in [0.05, 0.1) is 12.7 Å².